The smallest absolute Gasteiger partial charge is 0.337 e. The van der Waals surface area contributed by atoms with E-state index in [4.69, 9.17) is 14.2 Å². The van der Waals surface area contributed by atoms with E-state index in [1.54, 1.807) is 0 Å². The average molecular weight is 417 g/mol. The molecular formula is C25H23NO5. The van der Waals surface area contributed by atoms with Crippen LogP contribution >= 0.6 is 0 Å². The molecule has 31 heavy (non-hydrogen) atoms. The Morgan fingerprint density at radius 1 is 1.10 bits per heavy atom. The molecule has 5 rings (SSSR count). The second-order valence-electron chi connectivity index (χ2n) is 7.94. The van der Waals surface area contributed by atoms with Crippen LogP contribution in [-0.4, -0.2) is 18.5 Å². The summed E-state index contributed by atoms with van der Waals surface area (Å²) in [4.78, 5) is 26.2. The van der Waals surface area contributed by atoms with Crippen molar-refractivity contribution in [3.63, 3.8) is 0 Å². The summed E-state index contributed by atoms with van der Waals surface area (Å²) in [6.45, 7) is 2.20. The Morgan fingerprint density at radius 3 is 2.74 bits per heavy atom. The summed E-state index contributed by atoms with van der Waals surface area (Å²) >= 11 is 0. The molecule has 158 valence electrons. The van der Waals surface area contributed by atoms with Crippen molar-refractivity contribution < 1.29 is 23.8 Å². The number of carbonyl (C=O) groups is 2. The highest BCUT2D eigenvalue weighted by atomic mass is 16.7. The summed E-state index contributed by atoms with van der Waals surface area (Å²) in [5.74, 6) is 0.424. The van der Waals surface area contributed by atoms with Gasteiger partial charge in [-0.2, -0.15) is 0 Å². The van der Waals surface area contributed by atoms with E-state index < -0.39 is 11.9 Å². The van der Waals surface area contributed by atoms with Crippen molar-refractivity contribution in [1.29, 1.82) is 0 Å². The lowest BCUT2D eigenvalue weighted by atomic mass is 9.75. The molecule has 3 aliphatic rings. The minimum Gasteiger partial charge on any atom is -0.457 e. The third-order valence-corrected chi connectivity index (χ3v) is 5.94. The molecule has 1 atom stereocenters. The van der Waals surface area contributed by atoms with Crippen molar-refractivity contribution in [1.82, 2.24) is 5.32 Å². The summed E-state index contributed by atoms with van der Waals surface area (Å²) in [5, 5.41) is 3.31. The molecule has 0 radical (unpaired) electrons. The summed E-state index contributed by atoms with van der Waals surface area (Å²) in [6, 6.07) is 15.1. The number of Topliss-reactive ketones (excluding diaryl/α,β-unsaturated/α-hetero) is 1. The predicted octanol–water partition coefficient (Wildman–Crippen LogP) is 4.13. The van der Waals surface area contributed by atoms with Crippen molar-refractivity contribution in [3.8, 4) is 11.5 Å². The maximum Gasteiger partial charge on any atom is 0.337 e. The largest absolute Gasteiger partial charge is 0.457 e. The van der Waals surface area contributed by atoms with E-state index >= 15 is 0 Å². The zero-order chi connectivity index (χ0) is 21.4. The molecule has 0 aromatic heterocycles. The molecule has 1 aliphatic carbocycles. The number of dihydropyridines is 1. The van der Waals surface area contributed by atoms with Crippen molar-refractivity contribution in [2.45, 2.75) is 38.7 Å². The monoisotopic (exact) mass is 417 g/mol. The first-order valence-corrected chi connectivity index (χ1v) is 10.5. The summed E-state index contributed by atoms with van der Waals surface area (Å²) in [6.07, 6.45) is 2.07. The van der Waals surface area contributed by atoms with E-state index in [0.717, 1.165) is 29.7 Å². The van der Waals surface area contributed by atoms with Gasteiger partial charge in [0.1, 0.15) is 6.61 Å². The van der Waals surface area contributed by atoms with Crippen LogP contribution in [0.2, 0.25) is 0 Å². The van der Waals surface area contributed by atoms with Gasteiger partial charge in [-0.25, -0.2) is 4.79 Å². The molecule has 1 unspecified atom stereocenters. The Morgan fingerprint density at radius 2 is 1.90 bits per heavy atom. The fourth-order valence-electron chi connectivity index (χ4n) is 4.48. The minimum absolute atomic E-state index is 0.0669. The third-order valence-electron chi connectivity index (χ3n) is 5.94. The Bertz CT molecular complexity index is 1120. The van der Waals surface area contributed by atoms with Crippen LogP contribution in [-0.2, 0) is 20.9 Å². The number of carbonyl (C=O) groups excluding carboxylic acids is 2. The van der Waals surface area contributed by atoms with Crippen molar-refractivity contribution >= 4 is 11.8 Å². The van der Waals surface area contributed by atoms with Gasteiger partial charge in [0.2, 0.25) is 6.79 Å². The Kier molecular flexibility index (Phi) is 4.98. The molecular weight excluding hydrogens is 394 g/mol. The second kappa shape index (κ2) is 7.95. The van der Waals surface area contributed by atoms with Gasteiger partial charge in [-0.05, 0) is 43.0 Å². The first-order chi connectivity index (χ1) is 15.1. The number of fused-ring (bicyclic) bond motifs is 1. The molecule has 1 N–H and O–H groups in total. The lowest BCUT2D eigenvalue weighted by molar-refractivity contribution is -0.140. The number of ether oxygens (including phenoxy) is 3. The van der Waals surface area contributed by atoms with Gasteiger partial charge >= 0.3 is 5.97 Å². The highest BCUT2D eigenvalue weighted by Crippen LogP contribution is 2.45. The normalized spacial score (nSPS) is 19.8. The Hall–Kier alpha value is -3.54. The molecule has 0 saturated heterocycles. The molecule has 2 heterocycles. The Balaban J connectivity index is 1.53. The van der Waals surface area contributed by atoms with Crippen LogP contribution in [0.1, 0.15) is 43.2 Å². The molecule has 2 aromatic rings. The first kappa shape index (κ1) is 19.4. The van der Waals surface area contributed by atoms with Gasteiger partial charge in [-0.3, -0.25) is 4.79 Å². The Labute approximate surface area is 180 Å². The van der Waals surface area contributed by atoms with Crippen molar-refractivity contribution in [2.24, 2.45) is 0 Å². The van der Waals surface area contributed by atoms with Crippen molar-refractivity contribution in [2.75, 3.05) is 6.79 Å². The molecule has 0 bridgehead atoms. The molecule has 6 nitrogen and oxygen atoms in total. The summed E-state index contributed by atoms with van der Waals surface area (Å²) < 4.78 is 16.7. The number of allylic oxidation sites excluding steroid dienone is 3. The van der Waals surface area contributed by atoms with E-state index in [1.807, 2.05) is 55.5 Å². The van der Waals surface area contributed by atoms with Crippen LogP contribution in [0.25, 0.3) is 0 Å². The molecule has 2 aliphatic heterocycles. The number of nitrogens with one attached hydrogen (secondary N) is 1. The number of ketones is 1. The zero-order valence-electron chi connectivity index (χ0n) is 17.3. The molecule has 0 spiro atoms. The highest BCUT2D eigenvalue weighted by molar-refractivity contribution is 6.03. The highest BCUT2D eigenvalue weighted by Gasteiger charge is 2.39. The van der Waals surface area contributed by atoms with Crippen LogP contribution < -0.4 is 14.8 Å². The lowest BCUT2D eigenvalue weighted by Crippen LogP contribution is -2.34. The van der Waals surface area contributed by atoms with Gasteiger partial charge < -0.3 is 19.5 Å². The minimum atomic E-state index is -0.498. The molecule has 6 heteroatoms. The van der Waals surface area contributed by atoms with Crippen molar-refractivity contribution in [3.05, 3.63) is 82.2 Å². The maximum absolute atomic E-state index is 13.3. The quantitative estimate of drug-likeness (QED) is 0.755. The second-order valence-corrected chi connectivity index (χ2v) is 7.94. The van der Waals surface area contributed by atoms with Gasteiger partial charge in [0.15, 0.2) is 17.3 Å². The predicted molar refractivity (Wildman–Crippen MR) is 113 cm³/mol. The molecule has 2 aromatic carbocycles. The van der Waals surface area contributed by atoms with Crippen LogP contribution in [0, 0.1) is 0 Å². The summed E-state index contributed by atoms with van der Waals surface area (Å²) in [7, 11) is 0. The maximum atomic E-state index is 13.3. The SMILES string of the molecule is CC1=C(C(=O)OCc2ccccc2)C(c2ccc3c(c2)OCO3)C2=C(CCCC2=O)N1. The summed E-state index contributed by atoms with van der Waals surface area (Å²) in [5.41, 5.74) is 4.46. The average Bonchev–Trinajstić information content (AvgIpc) is 3.25. The fraction of sp³-hybridized carbons (Fsp3) is 0.280. The number of benzene rings is 2. The lowest BCUT2D eigenvalue weighted by Gasteiger charge is -2.34. The number of hydrogen-bond acceptors (Lipinski definition) is 6. The fourth-order valence-corrected chi connectivity index (χ4v) is 4.48. The van der Waals surface area contributed by atoms with Gasteiger partial charge in [-0.1, -0.05) is 36.4 Å². The molecule has 0 fully saturated rings. The molecule has 0 saturated carbocycles. The zero-order valence-corrected chi connectivity index (χ0v) is 17.3. The van der Waals surface area contributed by atoms with E-state index in [-0.39, 0.29) is 19.2 Å². The van der Waals surface area contributed by atoms with Crippen LogP contribution in [0.4, 0.5) is 0 Å². The van der Waals surface area contributed by atoms with E-state index in [1.165, 1.54) is 0 Å². The number of rotatable bonds is 4. The first-order valence-electron chi connectivity index (χ1n) is 10.5. The topological polar surface area (TPSA) is 73.9 Å². The van der Waals surface area contributed by atoms with Crippen LogP contribution in [0.5, 0.6) is 11.5 Å². The molecule has 0 amide bonds. The third kappa shape index (κ3) is 3.58. The van der Waals surface area contributed by atoms with Crippen LogP contribution in [0.15, 0.2) is 71.1 Å². The van der Waals surface area contributed by atoms with E-state index in [2.05, 4.69) is 5.32 Å². The standard InChI is InChI=1S/C25H23NO5/c1-15-22(25(28)29-13-16-6-3-2-4-7-16)23(24-18(26-15)8-5-9-19(24)27)17-10-11-20-21(12-17)31-14-30-20/h2-4,6-7,10-12,23,26H,5,8-9,13-14H2,1H3. The van der Waals surface area contributed by atoms with E-state index in [0.29, 0.717) is 34.8 Å². The van der Waals surface area contributed by atoms with Gasteiger partial charge in [0.05, 0.1) is 5.57 Å². The van der Waals surface area contributed by atoms with Gasteiger partial charge in [0, 0.05) is 29.3 Å². The van der Waals surface area contributed by atoms with Gasteiger partial charge in [0.25, 0.3) is 0 Å². The van der Waals surface area contributed by atoms with E-state index in [9.17, 15) is 9.59 Å². The number of hydrogen-bond donors (Lipinski definition) is 1. The van der Waals surface area contributed by atoms with Crippen LogP contribution in [0.3, 0.4) is 0 Å². The number of esters is 1. The van der Waals surface area contributed by atoms with Gasteiger partial charge in [-0.15, -0.1) is 0 Å².